The lowest BCUT2D eigenvalue weighted by atomic mass is 10.0. The van der Waals surface area contributed by atoms with Crippen LogP contribution in [0.5, 0.6) is 11.5 Å². The van der Waals surface area contributed by atoms with Crippen LogP contribution in [0.3, 0.4) is 0 Å². The number of methoxy groups -OCH3 is 2. The summed E-state index contributed by atoms with van der Waals surface area (Å²) < 4.78 is 12.8. The van der Waals surface area contributed by atoms with Gasteiger partial charge in [0.15, 0.2) is 11.5 Å². The highest BCUT2D eigenvalue weighted by atomic mass is 16.5. The molecule has 0 amide bonds. The van der Waals surface area contributed by atoms with E-state index in [1.165, 1.54) is 5.56 Å². The average molecular weight is 273 g/mol. The van der Waals surface area contributed by atoms with E-state index < -0.39 is 0 Å². The summed E-state index contributed by atoms with van der Waals surface area (Å²) in [6, 6.07) is 6.30. The third kappa shape index (κ3) is 2.19. The average Bonchev–Trinajstić information content (AvgIpc) is 2.85. The number of rotatable bonds is 3. The zero-order valence-electron chi connectivity index (χ0n) is 12.0. The summed E-state index contributed by atoms with van der Waals surface area (Å²) in [4.78, 5) is 4.50. The molecule has 2 heterocycles. The first kappa shape index (κ1) is 12.8. The fraction of sp³-hybridized carbons (Fsp3) is 0.400. The SMILES string of the molecule is COc1ccc(C2CCn3cc(C)nc3N2)cc1OC. The van der Waals surface area contributed by atoms with Crippen molar-refractivity contribution in [2.24, 2.45) is 0 Å². The molecule has 0 aliphatic carbocycles. The van der Waals surface area contributed by atoms with Crippen molar-refractivity contribution in [3.63, 3.8) is 0 Å². The molecule has 1 aliphatic rings. The molecule has 0 bridgehead atoms. The Hall–Kier alpha value is -2.17. The third-order valence-electron chi connectivity index (χ3n) is 3.67. The van der Waals surface area contributed by atoms with Gasteiger partial charge in [-0.2, -0.15) is 0 Å². The quantitative estimate of drug-likeness (QED) is 0.934. The van der Waals surface area contributed by atoms with Crippen LogP contribution in [0.4, 0.5) is 5.95 Å². The highest BCUT2D eigenvalue weighted by molar-refractivity contribution is 5.46. The van der Waals surface area contributed by atoms with Crippen LogP contribution >= 0.6 is 0 Å². The number of hydrogen-bond acceptors (Lipinski definition) is 4. The summed E-state index contributed by atoms with van der Waals surface area (Å²) in [6.07, 6.45) is 3.10. The first-order chi connectivity index (χ1) is 9.71. The van der Waals surface area contributed by atoms with Crippen molar-refractivity contribution in [1.29, 1.82) is 0 Å². The number of aryl methyl sites for hydroxylation is 2. The van der Waals surface area contributed by atoms with Crippen molar-refractivity contribution in [3.8, 4) is 11.5 Å². The summed E-state index contributed by atoms with van der Waals surface area (Å²) in [5, 5.41) is 3.48. The highest BCUT2D eigenvalue weighted by Gasteiger charge is 2.21. The number of fused-ring (bicyclic) bond motifs is 1. The fourth-order valence-corrected chi connectivity index (χ4v) is 2.65. The fourth-order valence-electron chi connectivity index (χ4n) is 2.65. The molecule has 1 aromatic carbocycles. The molecule has 1 aromatic heterocycles. The number of nitrogens with zero attached hydrogens (tertiary/aromatic N) is 2. The minimum Gasteiger partial charge on any atom is -0.493 e. The van der Waals surface area contributed by atoms with Crippen LogP contribution in [0.25, 0.3) is 0 Å². The zero-order valence-corrected chi connectivity index (χ0v) is 12.0. The zero-order chi connectivity index (χ0) is 14.1. The summed E-state index contributed by atoms with van der Waals surface area (Å²) >= 11 is 0. The summed E-state index contributed by atoms with van der Waals surface area (Å²) in [7, 11) is 3.31. The number of aromatic nitrogens is 2. The van der Waals surface area contributed by atoms with E-state index in [2.05, 4.69) is 27.1 Å². The molecule has 5 heteroatoms. The number of imidazole rings is 1. The molecular weight excluding hydrogens is 254 g/mol. The van der Waals surface area contributed by atoms with E-state index in [9.17, 15) is 0 Å². The van der Waals surface area contributed by atoms with Gasteiger partial charge in [-0.05, 0) is 31.0 Å². The van der Waals surface area contributed by atoms with Gasteiger partial charge in [-0.1, -0.05) is 6.07 Å². The van der Waals surface area contributed by atoms with Crippen LogP contribution in [-0.2, 0) is 6.54 Å². The van der Waals surface area contributed by atoms with E-state index >= 15 is 0 Å². The van der Waals surface area contributed by atoms with Gasteiger partial charge in [0.05, 0.1) is 26.0 Å². The molecule has 0 saturated carbocycles. The molecule has 0 fully saturated rings. The Morgan fingerprint density at radius 2 is 2.05 bits per heavy atom. The molecule has 1 atom stereocenters. The number of hydrogen-bond donors (Lipinski definition) is 1. The lowest BCUT2D eigenvalue weighted by Crippen LogP contribution is -2.21. The molecule has 20 heavy (non-hydrogen) atoms. The second-order valence-corrected chi connectivity index (χ2v) is 5.00. The van der Waals surface area contributed by atoms with Crippen LogP contribution < -0.4 is 14.8 Å². The monoisotopic (exact) mass is 273 g/mol. The van der Waals surface area contributed by atoms with Gasteiger partial charge in [0.25, 0.3) is 0 Å². The molecule has 5 nitrogen and oxygen atoms in total. The van der Waals surface area contributed by atoms with Gasteiger partial charge < -0.3 is 19.4 Å². The smallest absolute Gasteiger partial charge is 0.203 e. The van der Waals surface area contributed by atoms with Gasteiger partial charge in [-0.3, -0.25) is 0 Å². The maximum absolute atomic E-state index is 5.37. The predicted octanol–water partition coefficient (Wildman–Crippen LogP) is 2.77. The minimum absolute atomic E-state index is 0.254. The van der Waals surface area contributed by atoms with Crippen molar-refractivity contribution in [2.45, 2.75) is 25.9 Å². The van der Waals surface area contributed by atoms with E-state index in [0.29, 0.717) is 0 Å². The Morgan fingerprint density at radius 3 is 2.80 bits per heavy atom. The normalized spacial score (nSPS) is 17.2. The molecule has 0 saturated heterocycles. The standard InChI is InChI=1S/C15H19N3O2/c1-10-9-18-7-6-12(17-15(18)16-10)11-4-5-13(19-2)14(8-11)20-3/h4-5,8-9,12H,6-7H2,1-3H3,(H,16,17). The second kappa shape index (κ2) is 5.07. The summed E-state index contributed by atoms with van der Waals surface area (Å²) in [6.45, 7) is 2.99. The first-order valence-electron chi connectivity index (χ1n) is 6.73. The van der Waals surface area contributed by atoms with Crippen molar-refractivity contribution in [1.82, 2.24) is 9.55 Å². The number of nitrogens with one attached hydrogen (secondary N) is 1. The Kier molecular flexibility index (Phi) is 3.26. The maximum Gasteiger partial charge on any atom is 0.203 e. The van der Waals surface area contributed by atoms with Crippen LogP contribution in [0, 0.1) is 6.92 Å². The Balaban J connectivity index is 1.87. The first-order valence-corrected chi connectivity index (χ1v) is 6.73. The van der Waals surface area contributed by atoms with Crippen LogP contribution in [-0.4, -0.2) is 23.8 Å². The van der Waals surface area contributed by atoms with E-state index in [1.54, 1.807) is 14.2 Å². The number of anilines is 1. The van der Waals surface area contributed by atoms with E-state index in [4.69, 9.17) is 9.47 Å². The van der Waals surface area contributed by atoms with Crippen molar-refractivity contribution >= 4 is 5.95 Å². The van der Waals surface area contributed by atoms with Crippen LogP contribution in [0.1, 0.15) is 23.7 Å². The third-order valence-corrected chi connectivity index (χ3v) is 3.67. The Bertz CT molecular complexity index is 622. The molecule has 3 rings (SSSR count). The maximum atomic E-state index is 5.37. The number of benzene rings is 1. The van der Waals surface area contributed by atoms with Gasteiger partial charge >= 0.3 is 0 Å². The topological polar surface area (TPSA) is 48.3 Å². The predicted molar refractivity (Wildman–Crippen MR) is 77.5 cm³/mol. The van der Waals surface area contributed by atoms with Gasteiger partial charge in [0.1, 0.15) is 0 Å². The van der Waals surface area contributed by atoms with Crippen molar-refractivity contribution < 1.29 is 9.47 Å². The molecule has 1 aliphatic heterocycles. The Labute approximate surface area is 118 Å². The lowest BCUT2D eigenvalue weighted by Gasteiger charge is -2.26. The van der Waals surface area contributed by atoms with E-state index in [-0.39, 0.29) is 6.04 Å². The number of ether oxygens (including phenoxy) is 2. The largest absolute Gasteiger partial charge is 0.493 e. The van der Waals surface area contributed by atoms with Gasteiger partial charge in [-0.25, -0.2) is 4.98 Å². The lowest BCUT2D eigenvalue weighted by molar-refractivity contribution is 0.354. The molecule has 1 N–H and O–H groups in total. The van der Waals surface area contributed by atoms with Gasteiger partial charge in [0, 0.05) is 12.7 Å². The van der Waals surface area contributed by atoms with Crippen LogP contribution in [0.2, 0.25) is 0 Å². The summed E-state index contributed by atoms with van der Waals surface area (Å²) in [5.74, 6) is 2.45. The second-order valence-electron chi connectivity index (χ2n) is 5.00. The molecule has 2 aromatic rings. The van der Waals surface area contributed by atoms with Crippen LogP contribution in [0.15, 0.2) is 24.4 Å². The molecular formula is C15H19N3O2. The van der Waals surface area contributed by atoms with Gasteiger partial charge in [-0.15, -0.1) is 0 Å². The molecule has 0 radical (unpaired) electrons. The summed E-state index contributed by atoms with van der Waals surface area (Å²) in [5.41, 5.74) is 2.23. The van der Waals surface area contributed by atoms with E-state index in [1.807, 2.05) is 19.1 Å². The Morgan fingerprint density at radius 1 is 1.25 bits per heavy atom. The molecule has 106 valence electrons. The highest BCUT2D eigenvalue weighted by Crippen LogP contribution is 2.34. The van der Waals surface area contributed by atoms with Gasteiger partial charge in [0.2, 0.25) is 5.95 Å². The minimum atomic E-state index is 0.254. The molecule has 0 spiro atoms. The van der Waals surface area contributed by atoms with Crippen molar-refractivity contribution in [2.75, 3.05) is 19.5 Å². The van der Waals surface area contributed by atoms with E-state index in [0.717, 1.165) is 36.1 Å². The van der Waals surface area contributed by atoms with Crippen molar-refractivity contribution in [3.05, 3.63) is 35.7 Å². The molecule has 1 unspecified atom stereocenters.